The Morgan fingerprint density at radius 1 is 0.970 bits per heavy atom. The maximum Gasteiger partial charge on any atom is 0.341 e. The smallest absolute Gasteiger partial charge is 0.341 e. The summed E-state index contributed by atoms with van der Waals surface area (Å²) in [5.41, 5.74) is 0.849. The summed E-state index contributed by atoms with van der Waals surface area (Å²) in [7, 11) is 4.44. The van der Waals surface area contributed by atoms with Crippen molar-refractivity contribution in [3.63, 3.8) is 0 Å². The van der Waals surface area contributed by atoms with Crippen molar-refractivity contribution in [3.05, 3.63) is 34.2 Å². The van der Waals surface area contributed by atoms with Crippen LogP contribution in [0.2, 0.25) is 0 Å². The van der Waals surface area contributed by atoms with Crippen molar-refractivity contribution >= 4 is 34.2 Å². The summed E-state index contributed by atoms with van der Waals surface area (Å²) in [5.74, 6) is -0.300. The summed E-state index contributed by atoms with van der Waals surface area (Å²) < 4.78 is 26.0. The molecule has 1 aromatic carbocycles. The largest absolute Gasteiger partial charge is 0.493 e. The van der Waals surface area contributed by atoms with Gasteiger partial charge < -0.3 is 29.0 Å². The molecule has 0 bridgehead atoms. The number of ether oxygens (including phenoxy) is 5. The van der Waals surface area contributed by atoms with Crippen LogP contribution in [0.25, 0.3) is 0 Å². The molecule has 180 valence electrons. The summed E-state index contributed by atoms with van der Waals surface area (Å²) in [4.78, 5) is 37.8. The first-order valence-electron chi connectivity index (χ1n) is 10.3. The zero-order valence-corrected chi connectivity index (χ0v) is 20.4. The minimum atomic E-state index is -0.612. The highest BCUT2D eigenvalue weighted by atomic mass is 32.1. The first-order chi connectivity index (χ1) is 15.7. The van der Waals surface area contributed by atoms with E-state index in [2.05, 4.69) is 5.32 Å². The van der Waals surface area contributed by atoms with Crippen LogP contribution in [0, 0.1) is 0 Å². The Morgan fingerprint density at radius 3 is 2.12 bits per heavy atom. The lowest BCUT2D eigenvalue weighted by molar-refractivity contribution is -0.146. The van der Waals surface area contributed by atoms with Gasteiger partial charge in [-0.1, -0.05) is 13.8 Å². The fourth-order valence-corrected chi connectivity index (χ4v) is 3.98. The van der Waals surface area contributed by atoms with Crippen molar-refractivity contribution in [1.29, 1.82) is 0 Å². The Morgan fingerprint density at radius 2 is 1.61 bits per heavy atom. The molecular formula is C23H29NO8S. The molecule has 1 amide bonds. The number of carbonyl (C=O) groups is 3. The van der Waals surface area contributed by atoms with Crippen LogP contribution in [0.3, 0.4) is 0 Å². The fourth-order valence-electron chi connectivity index (χ4n) is 2.91. The summed E-state index contributed by atoms with van der Waals surface area (Å²) in [6, 6.07) is 4.97. The normalized spacial score (nSPS) is 10.5. The van der Waals surface area contributed by atoms with E-state index in [4.69, 9.17) is 23.7 Å². The van der Waals surface area contributed by atoms with Crippen molar-refractivity contribution in [1.82, 2.24) is 0 Å². The zero-order valence-electron chi connectivity index (χ0n) is 19.6. The van der Waals surface area contributed by atoms with Gasteiger partial charge in [-0.15, -0.1) is 11.3 Å². The van der Waals surface area contributed by atoms with Crippen molar-refractivity contribution in [2.24, 2.45) is 0 Å². The lowest BCUT2D eigenvalue weighted by Crippen LogP contribution is -2.22. The van der Waals surface area contributed by atoms with Crippen molar-refractivity contribution in [2.45, 2.75) is 33.1 Å². The summed E-state index contributed by atoms with van der Waals surface area (Å²) in [6.07, 6.45) is -0.103. The van der Waals surface area contributed by atoms with Crippen LogP contribution in [-0.2, 0) is 25.5 Å². The van der Waals surface area contributed by atoms with E-state index in [1.54, 1.807) is 25.1 Å². The Hall–Kier alpha value is -3.27. The highest BCUT2D eigenvalue weighted by molar-refractivity contribution is 7.16. The van der Waals surface area contributed by atoms with E-state index in [0.29, 0.717) is 27.8 Å². The highest BCUT2D eigenvalue weighted by Gasteiger charge is 2.21. The van der Waals surface area contributed by atoms with Crippen LogP contribution in [0.5, 0.6) is 17.2 Å². The molecule has 0 fully saturated rings. The molecule has 33 heavy (non-hydrogen) atoms. The van der Waals surface area contributed by atoms with Gasteiger partial charge >= 0.3 is 11.9 Å². The van der Waals surface area contributed by atoms with Crippen LogP contribution >= 0.6 is 11.3 Å². The van der Waals surface area contributed by atoms with Gasteiger partial charge in [-0.05, 0) is 36.6 Å². The summed E-state index contributed by atoms with van der Waals surface area (Å²) in [5, 5.41) is 3.00. The maximum absolute atomic E-state index is 12.4. The number of benzene rings is 1. The molecule has 0 radical (unpaired) electrons. The molecule has 1 N–H and O–H groups in total. The van der Waals surface area contributed by atoms with Crippen molar-refractivity contribution in [2.75, 3.05) is 39.9 Å². The molecule has 0 aliphatic rings. The van der Waals surface area contributed by atoms with Crippen molar-refractivity contribution in [3.8, 4) is 17.2 Å². The van der Waals surface area contributed by atoms with Crippen molar-refractivity contribution < 1.29 is 38.1 Å². The average Bonchev–Trinajstić information content (AvgIpc) is 3.21. The molecule has 2 rings (SSSR count). The van der Waals surface area contributed by atoms with Gasteiger partial charge in [-0.3, -0.25) is 9.59 Å². The van der Waals surface area contributed by atoms with E-state index in [0.717, 1.165) is 4.88 Å². The summed E-state index contributed by atoms with van der Waals surface area (Å²) in [6.45, 7) is 5.39. The molecule has 1 heterocycles. The number of esters is 2. The Labute approximate surface area is 196 Å². The van der Waals surface area contributed by atoms with Gasteiger partial charge in [-0.25, -0.2) is 4.79 Å². The average molecular weight is 480 g/mol. The lowest BCUT2D eigenvalue weighted by atomic mass is 10.1. The number of hydrogen-bond acceptors (Lipinski definition) is 9. The van der Waals surface area contributed by atoms with E-state index in [1.165, 1.54) is 32.7 Å². The molecule has 0 unspecified atom stereocenters. The van der Waals surface area contributed by atoms with Gasteiger partial charge in [0.2, 0.25) is 5.75 Å². The molecular weight excluding hydrogens is 450 g/mol. The third-order valence-corrected chi connectivity index (χ3v) is 5.86. The Balaban J connectivity index is 2.03. The Bertz CT molecular complexity index is 973. The van der Waals surface area contributed by atoms with Gasteiger partial charge in [0.25, 0.3) is 5.91 Å². The van der Waals surface area contributed by atoms with Gasteiger partial charge in [0.15, 0.2) is 18.1 Å². The van der Waals surface area contributed by atoms with E-state index in [1.807, 2.05) is 13.8 Å². The third kappa shape index (κ3) is 6.85. The number of thiophene rings is 1. The number of carbonyl (C=O) groups excluding carboxylic acids is 3. The van der Waals surface area contributed by atoms with Crippen LogP contribution in [0.4, 0.5) is 5.00 Å². The number of anilines is 1. The topological polar surface area (TPSA) is 109 Å². The molecule has 2 aromatic rings. The predicted octanol–water partition coefficient (Wildman–Crippen LogP) is 3.80. The first kappa shape index (κ1) is 26.0. The predicted molar refractivity (Wildman–Crippen MR) is 124 cm³/mol. The van der Waals surface area contributed by atoms with E-state index in [-0.39, 0.29) is 24.5 Å². The maximum atomic E-state index is 12.4. The SMILES string of the molecule is CCOC(=O)c1cc(C(C)C)sc1NC(=O)COC(=O)Cc1cc(OC)c(OC)c(OC)c1. The van der Waals surface area contributed by atoms with Crippen LogP contribution in [0.1, 0.15) is 47.5 Å². The van der Waals surface area contributed by atoms with Gasteiger partial charge in [0.1, 0.15) is 5.00 Å². The molecule has 0 saturated carbocycles. The Kier molecular flexibility index (Phi) is 9.53. The molecule has 0 atom stereocenters. The number of hydrogen-bond donors (Lipinski definition) is 1. The standard InChI is InChI=1S/C23H29NO8S/c1-7-31-23(27)15-11-18(13(2)3)33-22(15)24-19(25)12-32-20(26)10-14-8-16(28-4)21(30-6)17(9-14)29-5/h8-9,11,13H,7,10,12H2,1-6H3,(H,24,25). The molecule has 0 saturated heterocycles. The summed E-state index contributed by atoms with van der Waals surface area (Å²) >= 11 is 1.29. The highest BCUT2D eigenvalue weighted by Crippen LogP contribution is 2.38. The minimum Gasteiger partial charge on any atom is -0.493 e. The number of rotatable bonds is 11. The van der Waals surface area contributed by atoms with Gasteiger partial charge in [0.05, 0.1) is 39.9 Å². The van der Waals surface area contributed by atoms with Crippen LogP contribution in [-0.4, -0.2) is 52.4 Å². The van der Waals surface area contributed by atoms with E-state index < -0.39 is 24.5 Å². The minimum absolute atomic E-state index is 0.103. The number of nitrogens with one attached hydrogen (secondary N) is 1. The molecule has 9 nitrogen and oxygen atoms in total. The zero-order chi connectivity index (χ0) is 24.5. The van der Waals surface area contributed by atoms with Gasteiger partial charge in [-0.2, -0.15) is 0 Å². The molecule has 1 aromatic heterocycles. The third-order valence-electron chi connectivity index (χ3n) is 4.51. The molecule has 0 spiro atoms. The molecule has 10 heteroatoms. The number of amides is 1. The molecule has 0 aliphatic heterocycles. The first-order valence-corrected chi connectivity index (χ1v) is 11.1. The van der Waals surface area contributed by atoms with Crippen LogP contribution < -0.4 is 19.5 Å². The lowest BCUT2D eigenvalue weighted by Gasteiger charge is -2.14. The number of methoxy groups -OCH3 is 3. The second kappa shape index (κ2) is 12.1. The fraction of sp³-hybridized carbons (Fsp3) is 0.435. The second-order valence-corrected chi connectivity index (χ2v) is 8.27. The van der Waals surface area contributed by atoms with E-state index in [9.17, 15) is 14.4 Å². The van der Waals surface area contributed by atoms with Gasteiger partial charge in [0, 0.05) is 4.88 Å². The van der Waals surface area contributed by atoms with Crippen LogP contribution in [0.15, 0.2) is 18.2 Å². The quantitative estimate of drug-likeness (QED) is 0.485. The molecule has 0 aliphatic carbocycles. The van der Waals surface area contributed by atoms with E-state index >= 15 is 0 Å². The second-order valence-electron chi connectivity index (χ2n) is 7.19. The monoisotopic (exact) mass is 479 g/mol.